The highest BCUT2D eigenvalue weighted by atomic mass is 32.2. The summed E-state index contributed by atoms with van der Waals surface area (Å²) in [6, 6.07) is 0.307. The van der Waals surface area contributed by atoms with Crippen LogP contribution in [0.25, 0.3) is 0 Å². The number of aromatic nitrogens is 1. The molecule has 2 aliphatic heterocycles. The van der Waals surface area contributed by atoms with Gasteiger partial charge >= 0.3 is 0 Å². The third-order valence-corrected chi connectivity index (χ3v) is 8.16. The van der Waals surface area contributed by atoms with E-state index in [1.165, 1.54) is 11.8 Å². The van der Waals surface area contributed by atoms with Crippen LogP contribution < -0.4 is 5.73 Å². The Labute approximate surface area is 183 Å². The molecule has 2 saturated heterocycles. The molecule has 0 spiro atoms. The number of aliphatic hydroxyl groups excluding tert-OH is 3. The molecular formula is C21H37N3O5S. The van der Waals surface area contributed by atoms with Crippen LogP contribution in [0.4, 0.5) is 0 Å². The summed E-state index contributed by atoms with van der Waals surface area (Å²) in [5.74, 6) is 1.69. The fourth-order valence-electron chi connectivity index (χ4n) is 4.71. The highest BCUT2D eigenvalue weighted by Gasteiger charge is 2.46. The zero-order chi connectivity index (χ0) is 22.2. The number of nitrogens with zero attached hydrogens (tertiary/aromatic N) is 2. The molecule has 8 atom stereocenters. The molecule has 0 aromatic carbocycles. The minimum atomic E-state index is -1.30. The second-order valence-electron chi connectivity index (χ2n) is 9.12. The van der Waals surface area contributed by atoms with Crippen LogP contribution in [0, 0.1) is 18.3 Å². The van der Waals surface area contributed by atoms with Crippen molar-refractivity contribution in [2.24, 2.45) is 17.1 Å². The largest absolute Gasteiger partial charge is 0.446 e. The van der Waals surface area contributed by atoms with E-state index in [0.29, 0.717) is 42.3 Å². The molecule has 8 nitrogen and oxygen atoms in total. The molecule has 2 aliphatic rings. The molecule has 1 aromatic heterocycles. The number of nitrogens with two attached hydrogens (primary N) is 1. The molecule has 0 radical (unpaired) electrons. The number of hydrogen-bond acceptors (Lipinski definition) is 9. The van der Waals surface area contributed by atoms with Crippen molar-refractivity contribution in [2.45, 2.75) is 75.9 Å². The van der Waals surface area contributed by atoms with Crippen LogP contribution >= 0.6 is 11.8 Å². The van der Waals surface area contributed by atoms with Gasteiger partial charge in [-0.2, -0.15) is 0 Å². The summed E-state index contributed by atoms with van der Waals surface area (Å²) < 4.78 is 11.8. The summed E-state index contributed by atoms with van der Waals surface area (Å²) in [6.45, 7) is 7.94. The number of oxazole rings is 1. The van der Waals surface area contributed by atoms with Crippen LogP contribution in [0.1, 0.15) is 50.1 Å². The second kappa shape index (κ2) is 9.44. The van der Waals surface area contributed by atoms with Crippen molar-refractivity contribution in [1.82, 2.24) is 9.88 Å². The van der Waals surface area contributed by atoms with Gasteiger partial charge < -0.3 is 35.1 Å². The first-order valence-electron chi connectivity index (χ1n) is 10.7. The van der Waals surface area contributed by atoms with Crippen molar-refractivity contribution in [1.29, 1.82) is 0 Å². The summed E-state index contributed by atoms with van der Waals surface area (Å²) in [4.78, 5) is 6.98. The van der Waals surface area contributed by atoms with Crippen LogP contribution in [0.15, 0.2) is 4.42 Å². The number of aliphatic hydroxyl groups is 3. The zero-order valence-electron chi connectivity index (χ0n) is 18.6. The Morgan fingerprint density at radius 3 is 2.57 bits per heavy atom. The van der Waals surface area contributed by atoms with Crippen LogP contribution in [0.3, 0.4) is 0 Å². The van der Waals surface area contributed by atoms with Gasteiger partial charge in [-0.1, -0.05) is 13.8 Å². The van der Waals surface area contributed by atoms with Gasteiger partial charge in [0.25, 0.3) is 0 Å². The lowest BCUT2D eigenvalue weighted by Crippen LogP contribution is -2.53. The van der Waals surface area contributed by atoms with Crippen molar-refractivity contribution in [3.63, 3.8) is 0 Å². The minimum Gasteiger partial charge on any atom is -0.446 e. The monoisotopic (exact) mass is 443 g/mol. The molecule has 3 heterocycles. The maximum absolute atomic E-state index is 10.5. The number of likely N-dealkylation sites (tertiary alicyclic amines) is 1. The topological polar surface area (TPSA) is 125 Å². The maximum Gasteiger partial charge on any atom is 0.196 e. The average Bonchev–Trinajstić information content (AvgIpc) is 3.28. The van der Waals surface area contributed by atoms with E-state index in [0.717, 1.165) is 19.4 Å². The summed E-state index contributed by atoms with van der Waals surface area (Å²) in [7, 11) is 2.13. The van der Waals surface area contributed by atoms with Gasteiger partial charge in [0.2, 0.25) is 0 Å². The quantitative estimate of drug-likeness (QED) is 0.489. The molecule has 1 aromatic rings. The van der Waals surface area contributed by atoms with Crippen molar-refractivity contribution in [3.8, 4) is 0 Å². The third kappa shape index (κ3) is 4.44. The maximum atomic E-state index is 10.5. The molecule has 0 saturated carbocycles. The Bertz CT molecular complexity index is 711. The molecule has 3 rings (SSSR count). The minimum absolute atomic E-state index is 0.129. The third-order valence-electron chi connectivity index (χ3n) is 7.31. The lowest BCUT2D eigenvalue weighted by Gasteiger charge is -2.39. The van der Waals surface area contributed by atoms with Crippen molar-refractivity contribution >= 4 is 11.8 Å². The smallest absolute Gasteiger partial charge is 0.196 e. The van der Waals surface area contributed by atoms with Gasteiger partial charge in [0, 0.05) is 19.0 Å². The van der Waals surface area contributed by atoms with Crippen molar-refractivity contribution in [3.05, 3.63) is 17.3 Å². The lowest BCUT2D eigenvalue weighted by atomic mass is 9.74. The van der Waals surface area contributed by atoms with E-state index >= 15 is 0 Å². The number of hydrogen-bond donors (Lipinski definition) is 4. The van der Waals surface area contributed by atoms with Gasteiger partial charge in [-0.15, -0.1) is 11.8 Å². The number of thioether (sulfide) groups is 1. The van der Waals surface area contributed by atoms with E-state index in [4.69, 9.17) is 14.9 Å². The molecule has 2 fully saturated rings. The SMILES string of the molecule is CC[C@@](C)(CN)C1C[C@@H](Cc2nc([C@H]3O[C@H](SC)[C@H](O)[C@@H](O)[C@H]3O)c(C)o2)N(C)C1. The molecule has 5 N–H and O–H groups in total. The molecule has 0 bridgehead atoms. The molecule has 172 valence electrons. The normalized spacial score (nSPS) is 37.4. The van der Waals surface area contributed by atoms with E-state index in [9.17, 15) is 15.3 Å². The van der Waals surface area contributed by atoms with Crippen LogP contribution in [-0.4, -0.2) is 81.4 Å². The Morgan fingerprint density at radius 2 is 1.97 bits per heavy atom. The molecule has 0 aliphatic carbocycles. The lowest BCUT2D eigenvalue weighted by molar-refractivity contribution is -0.201. The fraction of sp³-hybridized carbons (Fsp3) is 0.857. The van der Waals surface area contributed by atoms with Crippen molar-refractivity contribution in [2.75, 3.05) is 26.4 Å². The first-order chi connectivity index (χ1) is 14.1. The fourth-order valence-corrected chi connectivity index (χ4v) is 5.38. The highest BCUT2D eigenvalue weighted by molar-refractivity contribution is 7.99. The first-order valence-corrected chi connectivity index (χ1v) is 12.0. The number of rotatable bonds is 7. The van der Waals surface area contributed by atoms with Gasteiger partial charge in [-0.25, -0.2) is 4.98 Å². The summed E-state index contributed by atoms with van der Waals surface area (Å²) in [5, 5.41) is 30.8. The van der Waals surface area contributed by atoms with Crippen LogP contribution in [0.2, 0.25) is 0 Å². The average molecular weight is 444 g/mol. The molecule has 1 unspecified atom stereocenters. The summed E-state index contributed by atoms with van der Waals surface area (Å²) >= 11 is 1.29. The van der Waals surface area contributed by atoms with E-state index in [1.54, 1.807) is 13.2 Å². The van der Waals surface area contributed by atoms with Gasteiger partial charge in [0.05, 0.1) is 0 Å². The molecule has 30 heavy (non-hydrogen) atoms. The van der Waals surface area contributed by atoms with Gasteiger partial charge in [0.1, 0.15) is 41.3 Å². The second-order valence-corrected chi connectivity index (χ2v) is 10.1. The summed E-state index contributed by atoms with van der Waals surface area (Å²) in [6.07, 6.45) is -0.0220. The highest BCUT2D eigenvalue weighted by Crippen LogP contribution is 2.40. The van der Waals surface area contributed by atoms with E-state index < -0.39 is 29.9 Å². The number of aryl methyl sites for hydroxylation is 1. The van der Waals surface area contributed by atoms with E-state index in [2.05, 4.69) is 30.8 Å². The van der Waals surface area contributed by atoms with E-state index in [-0.39, 0.29) is 5.41 Å². The predicted molar refractivity (Wildman–Crippen MR) is 116 cm³/mol. The van der Waals surface area contributed by atoms with Crippen LogP contribution in [0.5, 0.6) is 0 Å². The Balaban J connectivity index is 1.74. The Kier molecular flexibility index (Phi) is 7.54. The first kappa shape index (κ1) is 24.0. The molecule has 0 amide bonds. The number of likely N-dealkylation sites (N-methyl/N-ethyl adjacent to an activating group) is 1. The van der Waals surface area contributed by atoms with Crippen molar-refractivity contribution < 1.29 is 24.5 Å². The van der Waals surface area contributed by atoms with Crippen LogP contribution in [-0.2, 0) is 11.2 Å². The van der Waals surface area contributed by atoms with Gasteiger partial charge in [0.15, 0.2) is 5.89 Å². The standard InChI is InChI=1S/C21H37N3O5S/c1-6-21(3,10-22)12-7-13(24(4)9-12)8-14-23-15(11(2)28-14)19-17(26)16(25)18(27)20(29-19)30-5/h12-13,16-20,25-27H,6-10,22H2,1-5H3/t12?,13-,16-,17+,18+,19+,20+,21-/m0/s1. The van der Waals surface area contributed by atoms with E-state index in [1.807, 2.05) is 0 Å². The molecular weight excluding hydrogens is 406 g/mol. The zero-order valence-corrected chi connectivity index (χ0v) is 19.4. The Morgan fingerprint density at radius 1 is 1.27 bits per heavy atom. The molecule has 9 heteroatoms. The summed E-state index contributed by atoms with van der Waals surface area (Å²) in [5.41, 5.74) is 6.05. The van der Waals surface area contributed by atoms with Gasteiger partial charge in [-0.3, -0.25) is 0 Å². The predicted octanol–water partition coefficient (Wildman–Crippen LogP) is 1.06. The Hall–Kier alpha value is -0.680. The number of ether oxygens (including phenoxy) is 1. The van der Waals surface area contributed by atoms with Gasteiger partial charge in [-0.05, 0) is 50.9 Å².